The smallest absolute Gasteiger partial charge is 0.225 e. The molecule has 1 aromatic heterocycles. The Labute approximate surface area is 184 Å². The second-order valence-corrected chi connectivity index (χ2v) is 11.2. The molecule has 166 valence electrons. The van der Waals surface area contributed by atoms with Gasteiger partial charge >= 0.3 is 0 Å². The highest BCUT2D eigenvalue weighted by molar-refractivity contribution is 7.91. The van der Waals surface area contributed by atoms with Crippen molar-refractivity contribution in [3.8, 4) is 5.75 Å². The molecule has 31 heavy (non-hydrogen) atoms. The third kappa shape index (κ3) is 4.41. The van der Waals surface area contributed by atoms with E-state index in [2.05, 4.69) is 44.9 Å². The molecule has 4 heterocycles. The maximum absolute atomic E-state index is 11.7. The number of piperazine rings is 1. The fraction of sp³-hybridized carbons (Fsp3) is 0.565. The van der Waals surface area contributed by atoms with Gasteiger partial charge in [0, 0.05) is 51.0 Å². The highest BCUT2D eigenvalue weighted by Gasteiger charge is 2.27. The predicted molar refractivity (Wildman–Crippen MR) is 121 cm³/mol. The van der Waals surface area contributed by atoms with Gasteiger partial charge in [-0.25, -0.2) is 18.4 Å². The number of rotatable bonds is 4. The Balaban J connectivity index is 1.18. The van der Waals surface area contributed by atoms with Crippen LogP contribution in [0.1, 0.15) is 48.4 Å². The summed E-state index contributed by atoms with van der Waals surface area (Å²) >= 11 is 0. The van der Waals surface area contributed by atoms with Gasteiger partial charge in [0.05, 0.1) is 18.1 Å². The zero-order valence-corrected chi connectivity index (χ0v) is 18.9. The fourth-order valence-electron chi connectivity index (χ4n) is 4.89. The van der Waals surface area contributed by atoms with E-state index in [4.69, 9.17) is 4.74 Å². The summed E-state index contributed by atoms with van der Waals surface area (Å²) in [6, 6.07) is 7.00. The summed E-state index contributed by atoms with van der Waals surface area (Å²) in [5.74, 6) is 2.62. The highest BCUT2D eigenvalue weighted by Crippen LogP contribution is 2.32. The van der Waals surface area contributed by atoms with Gasteiger partial charge in [0.2, 0.25) is 5.95 Å². The van der Waals surface area contributed by atoms with Crippen LogP contribution in [-0.4, -0.2) is 67.6 Å². The van der Waals surface area contributed by atoms with Crippen molar-refractivity contribution in [3.63, 3.8) is 0 Å². The molecular formula is C23H30N4O3S. The predicted octanol–water partition coefficient (Wildman–Crippen LogP) is 2.59. The molecule has 1 aromatic carbocycles. The number of hydrogen-bond acceptors (Lipinski definition) is 7. The minimum Gasteiger partial charge on any atom is -0.493 e. The Kier molecular flexibility index (Phi) is 5.60. The molecule has 8 heteroatoms. The van der Waals surface area contributed by atoms with E-state index in [1.54, 1.807) is 0 Å². The molecule has 0 aliphatic carbocycles. The quantitative estimate of drug-likeness (QED) is 0.720. The maximum Gasteiger partial charge on any atom is 0.225 e. The van der Waals surface area contributed by atoms with Crippen LogP contribution in [-0.2, 0) is 16.3 Å². The third-order valence-corrected chi connectivity index (χ3v) is 8.75. The zero-order valence-electron chi connectivity index (χ0n) is 18.0. The van der Waals surface area contributed by atoms with Crippen molar-refractivity contribution >= 4 is 15.8 Å². The van der Waals surface area contributed by atoms with Crippen LogP contribution in [0.3, 0.4) is 0 Å². The summed E-state index contributed by atoms with van der Waals surface area (Å²) < 4.78 is 29.1. The van der Waals surface area contributed by atoms with E-state index < -0.39 is 9.84 Å². The van der Waals surface area contributed by atoms with Gasteiger partial charge in [-0.05, 0) is 48.4 Å². The lowest BCUT2D eigenvalue weighted by Gasteiger charge is -2.38. The summed E-state index contributed by atoms with van der Waals surface area (Å²) in [6.45, 7) is 6.78. The van der Waals surface area contributed by atoms with E-state index in [1.165, 1.54) is 11.1 Å². The molecule has 3 aliphatic rings. The highest BCUT2D eigenvalue weighted by atomic mass is 32.2. The topological polar surface area (TPSA) is 75.6 Å². The van der Waals surface area contributed by atoms with E-state index in [9.17, 15) is 8.42 Å². The van der Waals surface area contributed by atoms with Crippen LogP contribution in [0, 0.1) is 0 Å². The molecule has 2 saturated heterocycles. The monoisotopic (exact) mass is 442 g/mol. The molecule has 1 unspecified atom stereocenters. The van der Waals surface area contributed by atoms with Gasteiger partial charge < -0.3 is 9.64 Å². The van der Waals surface area contributed by atoms with Crippen molar-refractivity contribution in [3.05, 3.63) is 47.3 Å². The normalized spacial score (nSPS) is 22.7. The van der Waals surface area contributed by atoms with Crippen molar-refractivity contribution in [1.29, 1.82) is 0 Å². The number of hydrogen-bond donors (Lipinski definition) is 0. The maximum atomic E-state index is 11.7. The van der Waals surface area contributed by atoms with Gasteiger partial charge in [0.1, 0.15) is 15.6 Å². The number of sulfone groups is 1. The van der Waals surface area contributed by atoms with Crippen LogP contribution < -0.4 is 9.64 Å². The van der Waals surface area contributed by atoms with E-state index >= 15 is 0 Å². The number of aromatic nitrogens is 2. The van der Waals surface area contributed by atoms with Gasteiger partial charge in [-0.1, -0.05) is 12.1 Å². The first kappa shape index (κ1) is 20.7. The Hall–Kier alpha value is -2.19. The summed E-state index contributed by atoms with van der Waals surface area (Å²) in [6.07, 6.45) is 6.15. The van der Waals surface area contributed by atoms with E-state index in [-0.39, 0.29) is 17.4 Å². The first-order valence-electron chi connectivity index (χ1n) is 11.3. The average molecular weight is 443 g/mol. The Morgan fingerprint density at radius 2 is 1.77 bits per heavy atom. The molecule has 3 aliphatic heterocycles. The molecule has 0 amide bonds. The Bertz CT molecular complexity index is 1020. The second kappa shape index (κ2) is 8.39. The summed E-state index contributed by atoms with van der Waals surface area (Å²) in [5, 5.41) is 0. The van der Waals surface area contributed by atoms with Gasteiger partial charge in [-0.15, -0.1) is 0 Å². The van der Waals surface area contributed by atoms with E-state index in [0.717, 1.165) is 56.5 Å². The van der Waals surface area contributed by atoms with Gasteiger partial charge in [-0.3, -0.25) is 4.90 Å². The van der Waals surface area contributed by atoms with Gasteiger partial charge in [0.25, 0.3) is 0 Å². The summed E-state index contributed by atoms with van der Waals surface area (Å²) in [4.78, 5) is 14.0. The Morgan fingerprint density at radius 3 is 2.48 bits per heavy atom. The first-order valence-corrected chi connectivity index (χ1v) is 13.1. The fourth-order valence-corrected chi connectivity index (χ4v) is 6.38. The number of benzene rings is 1. The van der Waals surface area contributed by atoms with Crippen molar-refractivity contribution in [1.82, 2.24) is 14.9 Å². The second-order valence-electron chi connectivity index (χ2n) is 8.91. The standard InChI is InChI=1S/C23H30N4O3S/c1-17(20-3-2-19-4-11-30-22(19)14-20)26-7-9-27(10-8-26)23-24-15-21(16-25-23)18-5-12-31(28,29)13-6-18/h2-3,14-18H,4-13H2,1H3. The summed E-state index contributed by atoms with van der Waals surface area (Å²) in [5.41, 5.74) is 3.69. The number of ether oxygens (including phenoxy) is 1. The van der Waals surface area contributed by atoms with E-state index in [0.29, 0.717) is 18.9 Å². The molecular weight excluding hydrogens is 412 g/mol. The minimum atomic E-state index is -2.85. The van der Waals surface area contributed by atoms with Crippen LogP contribution >= 0.6 is 0 Å². The summed E-state index contributed by atoms with van der Waals surface area (Å²) in [7, 11) is -2.85. The van der Waals surface area contributed by atoms with Crippen molar-refractivity contribution in [2.24, 2.45) is 0 Å². The van der Waals surface area contributed by atoms with Crippen LogP contribution in [0.15, 0.2) is 30.6 Å². The average Bonchev–Trinajstić information content (AvgIpc) is 3.27. The molecule has 7 nitrogen and oxygen atoms in total. The van der Waals surface area contributed by atoms with Crippen LogP contribution in [0.2, 0.25) is 0 Å². The molecule has 0 N–H and O–H groups in total. The SMILES string of the molecule is CC(c1ccc2c(c1)OCC2)N1CCN(c2ncc(C3CCS(=O)(=O)CC3)cn2)CC1. The lowest BCUT2D eigenvalue weighted by atomic mass is 9.96. The molecule has 5 rings (SSSR count). The Morgan fingerprint density at radius 1 is 1.06 bits per heavy atom. The first-order chi connectivity index (χ1) is 15.0. The lowest BCUT2D eigenvalue weighted by molar-refractivity contribution is 0.197. The van der Waals surface area contributed by atoms with Crippen molar-refractivity contribution in [2.75, 3.05) is 49.2 Å². The van der Waals surface area contributed by atoms with Crippen LogP contribution in [0.4, 0.5) is 5.95 Å². The third-order valence-electron chi connectivity index (χ3n) is 7.03. The zero-order chi connectivity index (χ0) is 21.4. The molecule has 0 spiro atoms. The minimum absolute atomic E-state index is 0.256. The molecule has 0 radical (unpaired) electrons. The lowest BCUT2D eigenvalue weighted by Crippen LogP contribution is -2.47. The van der Waals surface area contributed by atoms with Gasteiger partial charge in [0.15, 0.2) is 0 Å². The molecule has 1 atom stereocenters. The molecule has 0 saturated carbocycles. The van der Waals surface area contributed by atoms with Crippen molar-refractivity contribution in [2.45, 2.75) is 38.1 Å². The number of fused-ring (bicyclic) bond motifs is 1. The van der Waals surface area contributed by atoms with Gasteiger partial charge in [-0.2, -0.15) is 0 Å². The van der Waals surface area contributed by atoms with Crippen LogP contribution in [0.5, 0.6) is 5.75 Å². The molecule has 2 aromatic rings. The molecule has 2 fully saturated rings. The largest absolute Gasteiger partial charge is 0.493 e. The van der Waals surface area contributed by atoms with Crippen LogP contribution in [0.25, 0.3) is 0 Å². The number of nitrogens with zero attached hydrogens (tertiary/aromatic N) is 4. The van der Waals surface area contributed by atoms with E-state index in [1.807, 2.05) is 12.4 Å². The number of anilines is 1. The van der Waals surface area contributed by atoms with Crippen molar-refractivity contribution < 1.29 is 13.2 Å². The molecule has 0 bridgehead atoms.